The van der Waals surface area contributed by atoms with Gasteiger partial charge in [0.15, 0.2) is 0 Å². The molecular formula is C12H22N2. The Kier molecular flexibility index (Phi) is 3.73. The fraction of sp³-hybridized carbons (Fsp3) is 0.750. The van der Waals surface area contributed by atoms with Crippen molar-refractivity contribution in [2.24, 2.45) is 5.92 Å². The van der Waals surface area contributed by atoms with Gasteiger partial charge in [0.1, 0.15) is 5.82 Å². The van der Waals surface area contributed by atoms with Crippen LogP contribution in [0.25, 0.3) is 0 Å². The Morgan fingerprint density at radius 3 is 2.43 bits per heavy atom. The molecule has 0 aliphatic carbocycles. The molecule has 2 atom stereocenters. The van der Waals surface area contributed by atoms with Crippen molar-refractivity contribution < 1.29 is 0 Å². The van der Waals surface area contributed by atoms with Crippen molar-refractivity contribution in [1.82, 2.24) is 9.97 Å². The van der Waals surface area contributed by atoms with Crippen LogP contribution in [0.1, 0.15) is 64.4 Å². The highest BCUT2D eigenvalue weighted by Crippen LogP contribution is 2.23. The number of hydrogen-bond acceptors (Lipinski definition) is 1. The molecule has 0 bridgehead atoms. The molecule has 1 heterocycles. The van der Waals surface area contributed by atoms with Crippen LogP contribution in [0.3, 0.4) is 0 Å². The zero-order valence-corrected chi connectivity index (χ0v) is 9.96. The fourth-order valence-corrected chi connectivity index (χ4v) is 1.37. The van der Waals surface area contributed by atoms with Crippen LogP contribution in [0.5, 0.6) is 0 Å². The van der Waals surface area contributed by atoms with Gasteiger partial charge in [0, 0.05) is 17.8 Å². The zero-order chi connectivity index (χ0) is 10.7. The molecule has 80 valence electrons. The lowest BCUT2D eigenvalue weighted by Gasteiger charge is -2.12. The van der Waals surface area contributed by atoms with E-state index in [0.29, 0.717) is 17.8 Å². The van der Waals surface area contributed by atoms with Crippen molar-refractivity contribution in [3.63, 3.8) is 0 Å². The van der Waals surface area contributed by atoms with Gasteiger partial charge in [-0.05, 0) is 18.3 Å². The van der Waals surface area contributed by atoms with Crippen LogP contribution in [0.2, 0.25) is 0 Å². The van der Waals surface area contributed by atoms with Crippen molar-refractivity contribution >= 4 is 0 Å². The molecule has 0 fully saturated rings. The van der Waals surface area contributed by atoms with E-state index >= 15 is 0 Å². The van der Waals surface area contributed by atoms with Crippen molar-refractivity contribution in [3.8, 4) is 0 Å². The quantitative estimate of drug-likeness (QED) is 0.778. The molecule has 2 unspecified atom stereocenters. The third kappa shape index (κ3) is 2.37. The molecule has 2 nitrogen and oxygen atoms in total. The highest BCUT2D eigenvalue weighted by atomic mass is 14.9. The maximum absolute atomic E-state index is 4.45. The van der Waals surface area contributed by atoms with Gasteiger partial charge in [-0.25, -0.2) is 4.98 Å². The summed E-state index contributed by atoms with van der Waals surface area (Å²) in [5.74, 6) is 2.89. The molecule has 0 saturated heterocycles. The third-order valence-corrected chi connectivity index (χ3v) is 3.19. The van der Waals surface area contributed by atoms with Gasteiger partial charge in [-0.3, -0.25) is 0 Å². The average Bonchev–Trinajstić information content (AvgIpc) is 2.64. The maximum atomic E-state index is 4.45. The van der Waals surface area contributed by atoms with Gasteiger partial charge in [0.05, 0.1) is 0 Å². The summed E-state index contributed by atoms with van der Waals surface area (Å²) in [4.78, 5) is 7.88. The first-order valence-corrected chi connectivity index (χ1v) is 5.61. The maximum Gasteiger partial charge on any atom is 0.109 e. The molecule has 1 rings (SSSR count). The molecule has 0 spiro atoms. The molecule has 0 amide bonds. The second kappa shape index (κ2) is 4.63. The highest BCUT2D eigenvalue weighted by molar-refractivity contribution is 5.09. The molecule has 0 aliphatic rings. The molecular weight excluding hydrogens is 172 g/mol. The minimum absolute atomic E-state index is 0.521. The van der Waals surface area contributed by atoms with Crippen LogP contribution in [-0.4, -0.2) is 9.97 Å². The summed E-state index contributed by atoms with van der Waals surface area (Å²) in [6.07, 6.45) is 3.15. The van der Waals surface area contributed by atoms with E-state index in [4.69, 9.17) is 0 Å². The first-order chi connectivity index (χ1) is 6.56. The lowest BCUT2D eigenvalue weighted by molar-refractivity contribution is 0.512. The topological polar surface area (TPSA) is 28.7 Å². The summed E-state index contributed by atoms with van der Waals surface area (Å²) in [5, 5.41) is 0. The summed E-state index contributed by atoms with van der Waals surface area (Å²) in [6, 6.07) is 0. The molecule has 2 heteroatoms. The summed E-state index contributed by atoms with van der Waals surface area (Å²) in [6.45, 7) is 11.1. The minimum atomic E-state index is 0.521. The number of aromatic nitrogens is 2. The van der Waals surface area contributed by atoms with E-state index in [1.807, 2.05) is 6.20 Å². The number of rotatable bonds is 4. The van der Waals surface area contributed by atoms with Crippen molar-refractivity contribution in [3.05, 3.63) is 17.7 Å². The fourth-order valence-electron chi connectivity index (χ4n) is 1.37. The van der Waals surface area contributed by atoms with E-state index in [1.165, 1.54) is 5.69 Å². The molecule has 14 heavy (non-hydrogen) atoms. The lowest BCUT2D eigenvalue weighted by atomic mass is 9.97. The summed E-state index contributed by atoms with van der Waals surface area (Å²) < 4.78 is 0. The first-order valence-electron chi connectivity index (χ1n) is 5.61. The van der Waals surface area contributed by atoms with Gasteiger partial charge >= 0.3 is 0 Å². The van der Waals surface area contributed by atoms with E-state index < -0.39 is 0 Å². The summed E-state index contributed by atoms with van der Waals surface area (Å²) >= 11 is 0. The van der Waals surface area contributed by atoms with Gasteiger partial charge in [-0.1, -0.05) is 34.6 Å². The second-order valence-electron chi connectivity index (χ2n) is 4.57. The molecule has 0 radical (unpaired) electrons. The number of H-pyrrole nitrogens is 1. The van der Waals surface area contributed by atoms with E-state index in [-0.39, 0.29) is 0 Å². The first kappa shape index (κ1) is 11.3. The normalized spacial score (nSPS) is 15.9. The van der Waals surface area contributed by atoms with Gasteiger partial charge in [0.25, 0.3) is 0 Å². The molecule has 1 aromatic heterocycles. The average molecular weight is 194 g/mol. The van der Waals surface area contributed by atoms with Crippen LogP contribution in [-0.2, 0) is 0 Å². The van der Waals surface area contributed by atoms with Crippen LogP contribution >= 0.6 is 0 Å². The summed E-state index contributed by atoms with van der Waals surface area (Å²) in [5.41, 5.74) is 1.27. The Balaban J connectivity index is 2.77. The van der Waals surface area contributed by atoms with Crippen LogP contribution in [0.15, 0.2) is 6.20 Å². The molecule has 0 aromatic carbocycles. The summed E-state index contributed by atoms with van der Waals surface area (Å²) in [7, 11) is 0. The van der Waals surface area contributed by atoms with Crippen molar-refractivity contribution in [1.29, 1.82) is 0 Å². The van der Waals surface area contributed by atoms with E-state index in [1.54, 1.807) is 0 Å². The lowest BCUT2D eigenvalue weighted by Crippen LogP contribution is -2.04. The smallest absolute Gasteiger partial charge is 0.109 e. The van der Waals surface area contributed by atoms with Gasteiger partial charge < -0.3 is 4.98 Å². The monoisotopic (exact) mass is 194 g/mol. The number of nitrogens with zero attached hydrogens (tertiary/aromatic N) is 1. The van der Waals surface area contributed by atoms with Gasteiger partial charge in [0.2, 0.25) is 0 Å². The molecule has 1 aromatic rings. The number of hydrogen-bond donors (Lipinski definition) is 1. The molecule has 1 N–H and O–H groups in total. The number of aromatic amines is 1. The second-order valence-corrected chi connectivity index (χ2v) is 4.57. The Hall–Kier alpha value is -0.790. The van der Waals surface area contributed by atoms with E-state index in [9.17, 15) is 0 Å². The predicted octanol–water partition coefficient (Wildman–Crippen LogP) is 3.68. The third-order valence-electron chi connectivity index (χ3n) is 3.19. The van der Waals surface area contributed by atoms with Crippen LogP contribution in [0.4, 0.5) is 0 Å². The number of imidazole rings is 1. The SMILES string of the molecule is CCC(C)c1cnc(C(C)C(C)C)[nH]1. The van der Waals surface area contributed by atoms with E-state index in [0.717, 1.165) is 12.2 Å². The largest absolute Gasteiger partial charge is 0.345 e. The van der Waals surface area contributed by atoms with Crippen LogP contribution in [0, 0.1) is 5.92 Å². The van der Waals surface area contributed by atoms with Crippen LogP contribution < -0.4 is 0 Å². The Morgan fingerprint density at radius 2 is 1.93 bits per heavy atom. The number of nitrogens with one attached hydrogen (secondary N) is 1. The highest BCUT2D eigenvalue weighted by Gasteiger charge is 2.14. The zero-order valence-electron chi connectivity index (χ0n) is 9.96. The van der Waals surface area contributed by atoms with Crippen molar-refractivity contribution in [2.45, 2.75) is 52.9 Å². The van der Waals surface area contributed by atoms with E-state index in [2.05, 4.69) is 44.6 Å². The standard InChI is InChI=1S/C12H22N2/c1-6-9(4)11-7-13-12(14-11)10(5)8(2)3/h7-10H,6H2,1-5H3,(H,13,14). The molecule has 0 aliphatic heterocycles. The Labute approximate surface area is 87.1 Å². The Morgan fingerprint density at radius 1 is 1.29 bits per heavy atom. The predicted molar refractivity (Wildman–Crippen MR) is 60.5 cm³/mol. The Bertz CT molecular complexity index is 276. The van der Waals surface area contributed by atoms with Crippen molar-refractivity contribution in [2.75, 3.05) is 0 Å². The van der Waals surface area contributed by atoms with Gasteiger partial charge in [-0.2, -0.15) is 0 Å². The minimum Gasteiger partial charge on any atom is -0.345 e. The molecule has 0 saturated carbocycles. The van der Waals surface area contributed by atoms with Gasteiger partial charge in [-0.15, -0.1) is 0 Å².